The van der Waals surface area contributed by atoms with Gasteiger partial charge >= 0.3 is 0 Å². The van der Waals surface area contributed by atoms with Crippen LogP contribution in [0.5, 0.6) is 5.75 Å². The summed E-state index contributed by atoms with van der Waals surface area (Å²) in [6, 6.07) is 6.88. The summed E-state index contributed by atoms with van der Waals surface area (Å²) >= 11 is 3.31. The van der Waals surface area contributed by atoms with Gasteiger partial charge in [-0.3, -0.25) is 9.59 Å². The summed E-state index contributed by atoms with van der Waals surface area (Å²) in [6.07, 6.45) is 2.27. The van der Waals surface area contributed by atoms with Gasteiger partial charge in [-0.25, -0.2) is 0 Å². The van der Waals surface area contributed by atoms with Crippen LogP contribution >= 0.6 is 15.9 Å². The number of hydrogen-bond donors (Lipinski definition) is 2. The molecule has 0 radical (unpaired) electrons. The molecule has 23 heavy (non-hydrogen) atoms. The van der Waals surface area contributed by atoms with Crippen LogP contribution in [-0.2, 0) is 9.59 Å². The second kappa shape index (κ2) is 8.96. The van der Waals surface area contributed by atoms with Crippen molar-refractivity contribution in [2.45, 2.75) is 26.3 Å². The molecule has 122 valence electrons. The number of rotatable bonds is 7. The molecule has 0 unspecified atom stereocenters. The number of nitriles is 1. The Morgan fingerprint density at radius 3 is 2.74 bits per heavy atom. The van der Waals surface area contributed by atoms with Crippen molar-refractivity contribution in [2.24, 2.45) is 5.73 Å². The van der Waals surface area contributed by atoms with Gasteiger partial charge in [0.15, 0.2) is 6.61 Å². The Bertz CT molecular complexity index is 665. The Morgan fingerprint density at radius 1 is 1.52 bits per heavy atom. The number of hydrogen-bond acceptors (Lipinski definition) is 4. The van der Waals surface area contributed by atoms with Crippen LogP contribution in [0.3, 0.4) is 0 Å². The fraction of sp³-hybridized carbons (Fsp3) is 0.312. The van der Waals surface area contributed by atoms with E-state index in [1.165, 1.54) is 6.08 Å². The molecule has 1 rings (SSSR count). The number of nitrogens with zero attached hydrogens (tertiary/aromatic N) is 1. The van der Waals surface area contributed by atoms with E-state index < -0.39 is 11.8 Å². The number of halogens is 1. The number of benzene rings is 1. The smallest absolute Gasteiger partial charge is 0.262 e. The molecule has 1 aromatic rings. The summed E-state index contributed by atoms with van der Waals surface area (Å²) in [4.78, 5) is 22.7. The van der Waals surface area contributed by atoms with Gasteiger partial charge in [0, 0.05) is 6.04 Å². The van der Waals surface area contributed by atoms with E-state index in [9.17, 15) is 9.59 Å². The van der Waals surface area contributed by atoms with Crippen LogP contribution in [-0.4, -0.2) is 24.5 Å². The maximum Gasteiger partial charge on any atom is 0.262 e. The van der Waals surface area contributed by atoms with E-state index in [1.807, 2.05) is 19.9 Å². The summed E-state index contributed by atoms with van der Waals surface area (Å²) in [7, 11) is 0. The number of ether oxygens (including phenoxy) is 1. The van der Waals surface area contributed by atoms with E-state index >= 15 is 0 Å². The molecule has 0 aromatic heterocycles. The molecule has 6 nitrogen and oxygen atoms in total. The van der Waals surface area contributed by atoms with Crippen molar-refractivity contribution in [3.05, 3.63) is 33.8 Å². The number of nitrogens with two attached hydrogens (primary N) is 1. The molecular weight excluding hydrogens is 362 g/mol. The molecule has 1 atom stereocenters. The molecule has 0 saturated carbocycles. The summed E-state index contributed by atoms with van der Waals surface area (Å²) in [6.45, 7) is 3.59. The maximum absolute atomic E-state index is 12.0. The van der Waals surface area contributed by atoms with Crippen molar-refractivity contribution in [3.63, 3.8) is 0 Å². The highest BCUT2D eigenvalue weighted by Gasteiger charge is 2.12. The van der Waals surface area contributed by atoms with E-state index in [0.29, 0.717) is 15.8 Å². The molecule has 3 N–H and O–H groups in total. The van der Waals surface area contributed by atoms with Crippen LogP contribution in [0.25, 0.3) is 6.08 Å². The molecule has 0 fully saturated rings. The molecule has 0 aliphatic heterocycles. The summed E-state index contributed by atoms with van der Waals surface area (Å²) < 4.78 is 5.80. The minimum Gasteiger partial charge on any atom is -0.483 e. The molecular formula is C16H18BrN3O3. The first-order chi connectivity index (χ1) is 10.9. The van der Waals surface area contributed by atoms with Crippen molar-refractivity contribution >= 4 is 33.8 Å². The zero-order valence-electron chi connectivity index (χ0n) is 12.9. The molecule has 0 bridgehead atoms. The third kappa shape index (κ3) is 6.12. The standard InChI is InChI=1S/C16H18BrN3O3/c1-3-10(2)20-16(22)12(8-18)6-11-4-5-14(13(17)7-11)23-9-15(19)21/h4-7,10H,3,9H2,1-2H3,(H2,19,21)(H,20,22)/b12-6+/t10-/m1/s1. The third-order valence-electron chi connectivity index (χ3n) is 2.99. The van der Waals surface area contributed by atoms with Gasteiger partial charge in [0.05, 0.1) is 4.47 Å². The highest BCUT2D eigenvalue weighted by atomic mass is 79.9. The SMILES string of the molecule is CC[C@@H](C)NC(=O)/C(C#N)=C/c1ccc(OCC(N)=O)c(Br)c1. The summed E-state index contributed by atoms with van der Waals surface area (Å²) in [5.41, 5.74) is 5.69. The Kier molecular flexibility index (Phi) is 7.29. The van der Waals surface area contributed by atoms with Crippen molar-refractivity contribution in [1.29, 1.82) is 5.26 Å². The van der Waals surface area contributed by atoms with Gasteiger partial charge in [0.1, 0.15) is 17.4 Å². The monoisotopic (exact) mass is 379 g/mol. The minimum absolute atomic E-state index is 0.00411. The highest BCUT2D eigenvalue weighted by molar-refractivity contribution is 9.10. The Morgan fingerprint density at radius 2 is 2.22 bits per heavy atom. The van der Waals surface area contributed by atoms with Gasteiger partial charge in [0.25, 0.3) is 11.8 Å². The predicted molar refractivity (Wildman–Crippen MR) is 90.3 cm³/mol. The minimum atomic E-state index is -0.575. The summed E-state index contributed by atoms with van der Waals surface area (Å²) in [5, 5.41) is 11.9. The molecule has 1 aromatic carbocycles. The number of carbonyl (C=O) groups is 2. The Balaban J connectivity index is 2.93. The zero-order valence-corrected chi connectivity index (χ0v) is 14.5. The molecule has 0 aliphatic rings. The second-order valence-corrected chi connectivity index (χ2v) is 5.75. The fourth-order valence-corrected chi connectivity index (χ4v) is 2.10. The van der Waals surface area contributed by atoms with E-state index in [2.05, 4.69) is 21.2 Å². The first-order valence-corrected chi connectivity index (χ1v) is 7.80. The van der Waals surface area contributed by atoms with Crippen LogP contribution in [0.15, 0.2) is 28.2 Å². The lowest BCUT2D eigenvalue weighted by molar-refractivity contribution is -0.120. The van der Waals surface area contributed by atoms with Crippen molar-refractivity contribution in [1.82, 2.24) is 5.32 Å². The number of carbonyl (C=O) groups excluding carboxylic acids is 2. The Hall–Kier alpha value is -2.33. The average Bonchev–Trinajstić information content (AvgIpc) is 2.51. The highest BCUT2D eigenvalue weighted by Crippen LogP contribution is 2.26. The van der Waals surface area contributed by atoms with Crippen molar-refractivity contribution in [2.75, 3.05) is 6.61 Å². The third-order valence-corrected chi connectivity index (χ3v) is 3.61. The lowest BCUT2D eigenvalue weighted by Gasteiger charge is -2.10. The number of nitrogens with one attached hydrogen (secondary N) is 1. The van der Waals surface area contributed by atoms with Gasteiger partial charge in [0.2, 0.25) is 0 Å². The van der Waals surface area contributed by atoms with Gasteiger partial charge in [-0.1, -0.05) is 13.0 Å². The quantitative estimate of drug-likeness (QED) is 0.558. The average molecular weight is 380 g/mol. The molecule has 0 spiro atoms. The summed E-state index contributed by atoms with van der Waals surface area (Å²) in [5.74, 6) is -0.537. The molecule has 0 heterocycles. The van der Waals surface area contributed by atoms with E-state index in [4.69, 9.17) is 15.7 Å². The molecule has 2 amide bonds. The lowest BCUT2D eigenvalue weighted by Crippen LogP contribution is -2.32. The second-order valence-electron chi connectivity index (χ2n) is 4.90. The van der Waals surface area contributed by atoms with Gasteiger partial charge < -0.3 is 15.8 Å². The van der Waals surface area contributed by atoms with Gasteiger partial charge in [-0.15, -0.1) is 0 Å². The molecule has 0 aliphatic carbocycles. The van der Waals surface area contributed by atoms with Crippen molar-refractivity contribution < 1.29 is 14.3 Å². The van der Waals surface area contributed by atoms with E-state index in [-0.39, 0.29) is 18.2 Å². The first-order valence-electron chi connectivity index (χ1n) is 7.00. The fourth-order valence-electron chi connectivity index (χ4n) is 1.59. The van der Waals surface area contributed by atoms with Crippen LogP contribution in [0.1, 0.15) is 25.8 Å². The largest absolute Gasteiger partial charge is 0.483 e. The normalized spacial score (nSPS) is 12.2. The van der Waals surface area contributed by atoms with Crippen LogP contribution in [0.4, 0.5) is 0 Å². The van der Waals surface area contributed by atoms with E-state index in [1.54, 1.807) is 18.2 Å². The predicted octanol–water partition coefficient (Wildman–Crippen LogP) is 2.13. The van der Waals surface area contributed by atoms with Crippen LogP contribution in [0.2, 0.25) is 0 Å². The van der Waals surface area contributed by atoms with E-state index in [0.717, 1.165) is 6.42 Å². The van der Waals surface area contributed by atoms with Gasteiger partial charge in [-0.2, -0.15) is 5.26 Å². The maximum atomic E-state index is 12.0. The van der Waals surface area contributed by atoms with Crippen molar-refractivity contribution in [3.8, 4) is 11.8 Å². The van der Waals surface area contributed by atoms with Crippen LogP contribution in [0, 0.1) is 11.3 Å². The first kappa shape index (κ1) is 18.7. The molecule has 0 saturated heterocycles. The van der Waals surface area contributed by atoms with Crippen LogP contribution < -0.4 is 15.8 Å². The molecule has 7 heteroatoms. The number of primary amides is 1. The topological polar surface area (TPSA) is 105 Å². The zero-order chi connectivity index (χ0) is 17.4. The number of amides is 2. The van der Waals surface area contributed by atoms with Gasteiger partial charge in [-0.05, 0) is 53.0 Å². The lowest BCUT2D eigenvalue weighted by atomic mass is 10.1. The Labute approximate surface area is 143 Å².